The SMILES string of the molecule is C=Cn1cc(CNCCS(C)=O)cn1. The molecule has 1 aromatic heterocycles. The van der Waals surface area contributed by atoms with Gasteiger partial charge in [0.25, 0.3) is 0 Å². The normalized spacial score (nSPS) is 12.6. The number of hydrogen-bond acceptors (Lipinski definition) is 3. The van der Waals surface area contributed by atoms with E-state index in [-0.39, 0.29) is 0 Å². The third kappa shape index (κ3) is 3.85. The molecule has 1 N–H and O–H groups in total. The van der Waals surface area contributed by atoms with Crippen LogP contribution in [-0.2, 0) is 17.3 Å². The average Bonchev–Trinajstić information content (AvgIpc) is 2.60. The van der Waals surface area contributed by atoms with Crippen LogP contribution in [0, 0.1) is 0 Å². The Morgan fingerprint density at radius 3 is 3.14 bits per heavy atom. The van der Waals surface area contributed by atoms with Crippen molar-refractivity contribution in [3.63, 3.8) is 0 Å². The van der Waals surface area contributed by atoms with Gasteiger partial charge in [-0.1, -0.05) is 6.58 Å². The molecular formula is C9H15N3OS. The molecule has 0 spiro atoms. The fourth-order valence-corrected chi connectivity index (χ4v) is 1.45. The third-order valence-electron chi connectivity index (χ3n) is 1.74. The first-order chi connectivity index (χ1) is 6.72. The summed E-state index contributed by atoms with van der Waals surface area (Å²) in [4.78, 5) is 0. The van der Waals surface area contributed by atoms with Crippen molar-refractivity contribution in [2.75, 3.05) is 18.6 Å². The van der Waals surface area contributed by atoms with Crippen molar-refractivity contribution < 1.29 is 4.21 Å². The standard InChI is InChI=1S/C9H15N3OS/c1-3-12-8-9(7-11-12)6-10-4-5-14(2)13/h3,7-8,10H,1,4-6H2,2H3. The van der Waals surface area contributed by atoms with Crippen molar-refractivity contribution in [3.05, 3.63) is 24.5 Å². The second kappa shape index (κ2) is 5.72. The van der Waals surface area contributed by atoms with Crippen LogP contribution in [0.3, 0.4) is 0 Å². The van der Waals surface area contributed by atoms with Gasteiger partial charge in [-0.05, 0) is 0 Å². The van der Waals surface area contributed by atoms with Crippen molar-refractivity contribution in [2.45, 2.75) is 6.54 Å². The third-order valence-corrected chi connectivity index (χ3v) is 2.52. The highest BCUT2D eigenvalue weighted by atomic mass is 32.2. The molecule has 1 unspecified atom stereocenters. The summed E-state index contributed by atoms with van der Waals surface area (Å²) in [7, 11) is -0.719. The fourth-order valence-electron chi connectivity index (χ4n) is 1.02. The van der Waals surface area contributed by atoms with E-state index in [1.807, 2.05) is 6.20 Å². The predicted molar refractivity (Wildman–Crippen MR) is 59.3 cm³/mol. The lowest BCUT2D eigenvalue weighted by atomic mass is 10.3. The Bertz CT molecular complexity index is 322. The van der Waals surface area contributed by atoms with Crippen LogP contribution in [0.1, 0.15) is 5.56 Å². The van der Waals surface area contributed by atoms with Gasteiger partial charge in [-0.2, -0.15) is 5.10 Å². The van der Waals surface area contributed by atoms with Crippen molar-refractivity contribution in [1.82, 2.24) is 15.1 Å². The minimum absolute atomic E-state index is 0.690. The molecule has 1 heterocycles. The highest BCUT2D eigenvalue weighted by molar-refractivity contribution is 7.84. The molecule has 0 aliphatic rings. The molecule has 0 aliphatic heterocycles. The Morgan fingerprint density at radius 2 is 2.57 bits per heavy atom. The van der Waals surface area contributed by atoms with Crippen molar-refractivity contribution in [3.8, 4) is 0 Å². The summed E-state index contributed by atoms with van der Waals surface area (Å²) in [6.07, 6.45) is 7.04. The summed E-state index contributed by atoms with van der Waals surface area (Å²) in [5, 5.41) is 7.24. The van der Waals surface area contributed by atoms with E-state index in [0.717, 1.165) is 18.7 Å². The van der Waals surface area contributed by atoms with Crippen LogP contribution < -0.4 is 5.32 Å². The lowest BCUT2D eigenvalue weighted by Crippen LogP contribution is -2.19. The number of nitrogens with zero attached hydrogens (tertiary/aromatic N) is 2. The van der Waals surface area contributed by atoms with E-state index < -0.39 is 10.8 Å². The first kappa shape index (κ1) is 11.1. The molecule has 0 aromatic carbocycles. The summed E-state index contributed by atoms with van der Waals surface area (Å²) >= 11 is 0. The minimum Gasteiger partial charge on any atom is -0.312 e. The smallest absolute Gasteiger partial charge is 0.0538 e. The van der Waals surface area contributed by atoms with E-state index in [4.69, 9.17) is 0 Å². The summed E-state index contributed by atoms with van der Waals surface area (Å²) in [6, 6.07) is 0. The zero-order valence-electron chi connectivity index (χ0n) is 8.27. The zero-order chi connectivity index (χ0) is 10.4. The Morgan fingerprint density at radius 1 is 1.79 bits per heavy atom. The summed E-state index contributed by atoms with van der Waals surface area (Å²) in [5.41, 5.74) is 1.10. The molecule has 0 fully saturated rings. The maximum absolute atomic E-state index is 10.7. The van der Waals surface area contributed by atoms with Gasteiger partial charge in [-0.3, -0.25) is 4.21 Å². The lowest BCUT2D eigenvalue weighted by molar-refractivity contribution is 0.676. The molecule has 0 aliphatic carbocycles. The molecule has 0 radical (unpaired) electrons. The first-order valence-electron chi connectivity index (χ1n) is 4.38. The van der Waals surface area contributed by atoms with E-state index in [0.29, 0.717) is 5.75 Å². The van der Waals surface area contributed by atoms with Gasteiger partial charge in [0, 0.05) is 53.9 Å². The number of rotatable bonds is 6. The monoisotopic (exact) mass is 213 g/mol. The van der Waals surface area contributed by atoms with Crippen LogP contribution in [-0.4, -0.2) is 32.5 Å². The first-order valence-corrected chi connectivity index (χ1v) is 6.11. The van der Waals surface area contributed by atoms with Crippen molar-refractivity contribution in [2.24, 2.45) is 0 Å². The summed E-state index contributed by atoms with van der Waals surface area (Å²) < 4.78 is 12.4. The van der Waals surface area contributed by atoms with Gasteiger partial charge in [0.15, 0.2) is 0 Å². The van der Waals surface area contributed by atoms with E-state index in [2.05, 4.69) is 17.0 Å². The number of nitrogens with one attached hydrogen (secondary N) is 1. The van der Waals surface area contributed by atoms with Crippen molar-refractivity contribution >= 4 is 17.0 Å². The van der Waals surface area contributed by atoms with E-state index >= 15 is 0 Å². The predicted octanol–water partition coefficient (Wildman–Crippen LogP) is 0.452. The zero-order valence-corrected chi connectivity index (χ0v) is 9.09. The number of aromatic nitrogens is 2. The van der Waals surface area contributed by atoms with Crippen LogP contribution in [0.15, 0.2) is 19.0 Å². The van der Waals surface area contributed by atoms with Crippen LogP contribution in [0.5, 0.6) is 0 Å². The van der Waals surface area contributed by atoms with E-state index in [1.165, 1.54) is 0 Å². The van der Waals surface area contributed by atoms with Gasteiger partial charge in [-0.25, -0.2) is 4.68 Å². The van der Waals surface area contributed by atoms with Gasteiger partial charge in [0.2, 0.25) is 0 Å². The molecule has 1 rings (SSSR count). The molecule has 1 aromatic rings. The second-order valence-corrected chi connectivity index (χ2v) is 4.52. The van der Waals surface area contributed by atoms with Gasteiger partial charge in [-0.15, -0.1) is 0 Å². The van der Waals surface area contributed by atoms with Crippen LogP contribution >= 0.6 is 0 Å². The maximum Gasteiger partial charge on any atom is 0.0538 e. The van der Waals surface area contributed by atoms with E-state index in [1.54, 1.807) is 23.3 Å². The lowest BCUT2D eigenvalue weighted by Gasteiger charge is -1.99. The largest absolute Gasteiger partial charge is 0.312 e. The highest BCUT2D eigenvalue weighted by Gasteiger charge is 1.96. The minimum atomic E-state index is -0.719. The van der Waals surface area contributed by atoms with Crippen LogP contribution in [0.4, 0.5) is 0 Å². The quantitative estimate of drug-likeness (QED) is 0.698. The molecule has 0 bridgehead atoms. The Kier molecular flexibility index (Phi) is 4.55. The van der Waals surface area contributed by atoms with E-state index in [9.17, 15) is 4.21 Å². The van der Waals surface area contributed by atoms with Gasteiger partial charge >= 0.3 is 0 Å². The molecular weight excluding hydrogens is 198 g/mol. The average molecular weight is 213 g/mol. The maximum atomic E-state index is 10.7. The number of hydrogen-bond donors (Lipinski definition) is 1. The summed E-state index contributed by atoms with van der Waals surface area (Å²) in [5.74, 6) is 0.690. The van der Waals surface area contributed by atoms with Gasteiger partial charge in [0.1, 0.15) is 0 Å². The van der Waals surface area contributed by atoms with Crippen LogP contribution in [0.2, 0.25) is 0 Å². The molecule has 5 heteroatoms. The Hall–Kier alpha value is -0.940. The molecule has 0 amide bonds. The second-order valence-electron chi connectivity index (χ2n) is 2.97. The van der Waals surface area contributed by atoms with Crippen molar-refractivity contribution in [1.29, 1.82) is 0 Å². The Labute approximate surface area is 86.5 Å². The topological polar surface area (TPSA) is 46.9 Å². The molecule has 0 saturated heterocycles. The molecule has 1 atom stereocenters. The Balaban J connectivity index is 2.24. The van der Waals surface area contributed by atoms with Gasteiger partial charge < -0.3 is 5.32 Å². The molecule has 78 valence electrons. The van der Waals surface area contributed by atoms with Crippen LogP contribution in [0.25, 0.3) is 6.20 Å². The fraction of sp³-hybridized carbons (Fsp3) is 0.444. The summed E-state index contributed by atoms with van der Waals surface area (Å²) in [6.45, 7) is 5.13. The molecule has 0 saturated carbocycles. The highest BCUT2D eigenvalue weighted by Crippen LogP contribution is 1.96. The molecule has 4 nitrogen and oxygen atoms in total. The van der Waals surface area contributed by atoms with Gasteiger partial charge in [0.05, 0.1) is 6.20 Å². The molecule has 14 heavy (non-hydrogen) atoms.